The lowest BCUT2D eigenvalue weighted by atomic mass is 9.98. The van der Waals surface area contributed by atoms with E-state index in [0.717, 1.165) is 34.8 Å². The summed E-state index contributed by atoms with van der Waals surface area (Å²) in [5.41, 5.74) is 3.79. The molecule has 0 fully saturated rings. The van der Waals surface area contributed by atoms with Gasteiger partial charge in [0.25, 0.3) is 0 Å². The molecular weight excluding hydrogens is 372 g/mol. The van der Waals surface area contributed by atoms with E-state index >= 15 is 0 Å². The van der Waals surface area contributed by atoms with Crippen LogP contribution in [0, 0.1) is 0 Å². The third-order valence-electron chi connectivity index (χ3n) is 5.31. The number of carbonyl (C=O) groups is 1. The summed E-state index contributed by atoms with van der Waals surface area (Å²) < 4.78 is 21.6. The van der Waals surface area contributed by atoms with Crippen LogP contribution in [0.4, 0.5) is 0 Å². The number of hydrogen-bond donors (Lipinski definition) is 0. The smallest absolute Gasteiger partial charge is 0.231 e. The zero-order chi connectivity index (χ0) is 19.8. The van der Waals surface area contributed by atoms with Crippen molar-refractivity contribution in [1.82, 2.24) is 10.1 Å². The summed E-state index contributed by atoms with van der Waals surface area (Å²) in [6.07, 6.45) is 0.999. The topological polar surface area (TPSA) is 74.0 Å². The van der Waals surface area contributed by atoms with Crippen molar-refractivity contribution in [1.29, 1.82) is 0 Å². The van der Waals surface area contributed by atoms with E-state index in [0.29, 0.717) is 24.5 Å². The maximum Gasteiger partial charge on any atom is 0.231 e. The molecule has 7 nitrogen and oxygen atoms in total. The van der Waals surface area contributed by atoms with E-state index in [-0.39, 0.29) is 19.1 Å². The fraction of sp³-hybridized carbons (Fsp3) is 0.273. The number of benzene rings is 2. The van der Waals surface area contributed by atoms with Crippen LogP contribution in [0.25, 0.3) is 11.3 Å². The standard InChI is InChI=1S/C22H20N2O5/c1-26-18-4-2-3-15(7-18)19-10-17(23-29-19)11-22(25)24-6-5-14-8-20-21(28-13-27-20)9-16(14)12-24/h2-4,7-10H,5-6,11-13H2,1H3. The summed E-state index contributed by atoms with van der Waals surface area (Å²) in [6.45, 7) is 1.49. The summed E-state index contributed by atoms with van der Waals surface area (Å²) in [4.78, 5) is 14.7. The number of aromatic nitrogens is 1. The maximum absolute atomic E-state index is 12.8. The largest absolute Gasteiger partial charge is 0.497 e. The van der Waals surface area contributed by atoms with Crippen molar-refractivity contribution in [3.63, 3.8) is 0 Å². The van der Waals surface area contributed by atoms with Crippen molar-refractivity contribution in [2.45, 2.75) is 19.4 Å². The highest BCUT2D eigenvalue weighted by atomic mass is 16.7. The highest BCUT2D eigenvalue weighted by molar-refractivity contribution is 5.79. The molecule has 7 heteroatoms. The monoisotopic (exact) mass is 392 g/mol. The van der Waals surface area contributed by atoms with Crippen LogP contribution in [0.1, 0.15) is 16.8 Å². The van der Waals surface area contributed by atoms with E-state index in [2.05, 4.69) is 5.16 Å². The summed E-state index contributed by atoms with van der Waals surface area (Å²) in [7, 11) is 1.62. The van der Waals surface area contributed by atoms with Gasteiger partial charge in [-0.25, -0.2) is 0 Å². The number of nitrogens with zero attached hydrogens (tertiary/aromatic N) is 2. The molecule has 0 spiro atoms. The molecule has 1 aromatic heterocycles. The van der Waals surface area contributed by atoms with Gasteiger partial charge in [0.15, 0.2) is 17.3 Å². The molecule has 148 valence electrons. The zero-order valence-electron chi connectivity index (χ0n) is 16.0. The highest BCUT2D eigenvalue weighted by Crippen LogP contribution is 2.36. The minimum atomic E-state index is 0.0267. The summed E-state index contributed by atoms with van der Waals surface area (Å²) in [6, 6.07) is 13.4. The van der Waals surface area contributed by atoms with Crippen LogP contribution >= 0.6 is 0 Å². The average Bonchev–Trinajstić information content (AvgIpc) is 3.40. The molecule has 2 aliphatic rings. The minimum absolute atomic E-state index is 0.0267. The highest BCUT2D eigenvalue weighted by Gasteiger charge is 2.25. The van der Waals surface area contributed by atoms with Gasteiger partial charge in [0.05, 0.1) is 19.2 Å². The van der Waals surface area contributed by atoms with Crippen LogP contribution in [-0.2, 0) is 24.2 Å². The molecule has 0 bridgehead atoms. The molecule has 0 atom stereocenters. The molecule has 0 aliphatic carbocycles. The Labute approximate surface area is 167 Å². The molecule has 0 unspecified atom stereocenters. The van der Waals surface area contributed by atoms with Gasteiger partial charge in [-0.05, 0) is 41.8 Å². The van der Waals surface area contributed by atoms with Crippen molar-refractivity contribution < 1.29 is 23.5 Å². The number of hydrogen-bond acceptors (Lipinski definition) is 6. The van der Waals surface area contributed by atoms with E-state index in [4.69, 9.17) is 18.7 Å². The first kappa shape index (κ1) is 17.6. The van der Waals surface area contributed by atoms with E-state index in [9.17, 15) is 4.79 Å². The first-order valence-corrected chi connectivity index (χ1v) is 9.49. The lowest BCUT2D eigenvalue weighted by molar-refractivity contribution is -0.131. The predicted octanol–water partition coefficient (Wildman–Crippen LogP) is 3.21. The summed E-state index contributed by atoms with van der Waals surface area (Å²) in [5, 5.41) is 4.07. The third kappa shape index (κ3) is 3.40. The molecule has 2 aromatic carbocycles. The van der Waals surface area contributed by atoms with Gasteiger partial charge in [-0.2, -0.15) is 0 Å². The molecule has 3 heterocycles. The van der Waals surface area contributed by atoms with Gasteiger partial charge >= 0.3 is 0 Å². The van der Waals surface area contributed by atoms with Crippen molar-refractivity contribution >= 4 is 5.91 Å². The Bertz CT molecular complexity index is 1070. The van der Waals surface area contributed by atoms with Crippen molar-refractivity contribution in [3.05, 3.63) is 59.3 Å². The summed E-state index contributed by atoms with van der Waals surface area (Å²) >= 11 is 0. The lowest BCUT2D eigenvalue weighted by Crippen LogP contribution is -2.36. The lowest BCUT2D eigenvalue weighted by Gasteiger charge is -2.29. The van der Waals surface area contributed by atoms with Crippen LogP contribution in [0.5, 0.6) is 17.2 Å². The zero-order valence-corrected chi connectivity index (χ0v) is 16.0. The molecule has 0 saturated carbocycles. The Morgan fingerprint density at radius 2 is 1.97 bits per heavy atom. The molecule has 1 amide bonds. The van der Waals surface area contributed by atoms with E-state index < -0.39 is 0 Å². The molecule has 3 aromatic rings. The van der Waals surface area contributed by atoms with Crippen molar-refractivity contribution in [2.75, 3.05) is 20.4 Å². The molecule has 2 aliphatic heterocycles. The second-order valence-corrected chi connectivity index (χ2v) is 7.13. The molecular formula is C22H20N2O5. The Morgan fingerprint density at radius 1 is 1.14 bits per heavy atom. The molecule has 0 radical (unpaired) electrons. The number of carbonyl (C=O) groups excluding carboxylic acids is 1. The predicted molar refractivity (Wildman–Crippen MR) is 104 cm³/mol. The Morgan fingerprint density at radius 3 is 2.79 bits per heavy atom. The van der Waals surface area contributed by atoms with Gasteiger partial charge in [-0.3, -0.25) is 4.79 Å². The fourth-order valence-electron chi connectivity index (χ4n) is 3.73. The van der Waals surface area contributed by atoms with Gasteiger partial charge in [0.1, 0.15) is 5.75 Å². The maximum atomic E-state index is 12.8. The first-order valence-electron chi connectivity index (χ1n) is 9.49. The third-order valence-corrected chi connectivity index (χ3v) is 5.31. The van der Waals surface area contributed by atoms with Crippen molar-refractivity contribution in [3.8, 4) is 28.6 Å². The van der Waals surface area contributed by atoms with Crippen molar-refractivity contribution in [2.24, 2.45) is 0 Å². The number of ether oxygens (including phenoxy) is 3. The Hall–Kier alpha value is -3.48. The SMILES string of the molecule is COc1cccc(-c2cc(CC(=O)N3CCc4cc5c(cc4C3)OCO5)no2)c1. The van der Waals surface area contributed by atoms with E-state index in [1.54, 1.807) is 7.11 Å². The summed E-state index contributed by atoms with van der Waals surface area (Å²) in [5.74, 6) is 2.92. The van der Waals surface area contributed by atoms with Crippen LogP contribution in [0.15, 0.2) is 47.0 Å². The van der Waals surface area contributed by atoms with Crippen LogP contribution in [0.2, 0.25) is 0 Å². The number of amides is 1. The van der Waals surface area contributed by atoms with E-state index in [1.807, 2.05) is 47.4 Å². The Balaban J connectivity index is 1.28. The number of methoxy groups -OCH3 is 1. The number of fused-ring (bicyclic) bond motifs is 2. The van der Waals surface area contributed by atoms with Gasteiger partial charge < -0.3 is 23.6 Å². The van der Waals surface area contributed by atoms with Gasteiger partial charge in [0.2, 0.25) is 12.7 Å². The first-order chi connectivity index (χ1) is 14.2. The van der Waals surface area contributed by atoms with E-state index in [1.165, 1.54) is 5.56 Å². The molecule has 5 rings (SSSR count). The van der Waals surface area contributed by atoms with Crippen LogP contribution in [-0.4, -0.2) is 36.4 Å². The molecule has 0 N–H and O–H groups in total. The quantitative estimate of drug-likeness (QED) is 0.679. The normalized spacial score (nSPS) is 14.6. The van der Waals surface area contributed by atoms with Gasteiger partial charge in [-0.1, -0.05) is 17.3 Å². The average molecular weight is 392 g/mol. The van der Waals surface area contributed by atoms with Gasteiger partial charge in [-0.15, -0.1) is 0 Å². The van der Waals surface area contributed by atoms with Crippen LogP contribution in [0.3, 0.4) is 0 Å². The fourth-order valence-corrected chi connectivity index (χ4v) is 3.73. The van der Waals surface area contributed by atoms with Crippen LogP contribution < -0.4 is 14.2 Å². The molecule has 29 heavy (non-hydrogen) atoms. The second kappa shape index (κ2) is 7.16. The minimum Gasteiger partial charge on any atom is -0.497 e. The molecule has 0 saturated heterocycles. The second-order valence-electron chi connectivity index (χ2n) is 7.13. The van der Waals surface area contributed by atoms with Gasteiger partial charge in [0, 0.05) is 24.7 Å². The Kier molecular flexibility index (Phi) is 4.35. The number of rotatable bonds is 4.